The Morgan fingerprint density at radius 2 is 1.87 bits per heavy atom. The molecular weight excluding hydrogens is 376 g/mol. The molecule has 0 aliphatic carbocycles. The van der Waals surface area contributed by atoms with Gasteiger partial charge in [-0.05, 0) is 49.7 Å². The van der Waals surface area contributed by atoms with Gasteiger partial charge in [-0.3, -0.25) is 14.3 Å². The summed E-state index contributed by atoms with van der Waals surface area (Å²) in [6.07, 6.45) is 8.97. The summed E-state index contributed by atoms with van der Waals surface area (Å²) in [5.74, 6) is 0.983. The Kier molecular flexibility index (Phi) is 6.82. The number of rotatable bonds is 7. The molecule has 0 radical (unpaired) electrons. The van der Waals surface area contributed by atoms with Crippen molar-refractivity contribution < 1.29 is 9.59 Å². The highest BCUT2D eigenvalue weighted by Crippen LogP contribution is 2.25. The number of piperidine rings is 2. The highest BCUT2D eigenvalue weighted by molar-refractivity contribution is 5.84. The highest BCUT2D eigenvalue weighted by atomic mass is 16.2. The Hall–Kier alpha value is -2.63. The molecule has 0 N–H and O–H groups in total. The van der Waals surface area contributed by atoms with Gasteiger partial charge in [-0.2, -0.15) is 5.10 Å². The van der Waals surface area contributed by atoms with Gasteiger partial charge in [-0.15, -0.1) is 0 Å². The van der Waals surface area contributed by atoms with E-state index >= 15 is 0 Å². The maximum atomic E-state index is 13.1. The molecule has 2 aliphatic rings. The number of benzene rings is 1. The molecule has 0 unspecified atom stereocenters. The van der Waals surface area contributed by atoms with Crippen molar-refractivity contribution in [3.05, 3.63) is 54.4 Å². The zero-order chi connectivity index (χ0) is 20.8. The van der Waals surface area contributed by atoms with Crippen molar-refractivity contribution in [2.75, 3.05) is 26.2 Å². The maximum absolute atomic E-state index is 13.1. The van der Waals surface area contributed by atoms with Crippen LogP contribution in [0.4, 0.5) is 0 Å². The third-order valence-electron chi connectivity index (χ3n) is 6.52. The normalized spacial score (nSPS) is 20.5. The summed E-state index contributed by atoms with van der Waals surface area (Å²) in [7, 11) is 0. The minimum atomic E-state index is -0.0397. The van der Waals surface area contributed by atoms with E-state index in [9.17, 15) is 9.59 Å². The number of amides is 2. The molecule has 4 rings (SSSR count). The molecular formula is C24H32N4O2. The molecule has 6 nitrogen and oxygen atoms in total. The molecule has 0 spiro atoms. The molecule has 0 bridgehead atoms. The van der Waals surface area contributed by atoms with Gasteiger partial charge in [0.25, 0.3) is 0 Å². The molecule has 2 saturated heterocycles. The van der Waals surface area contributed by atoms with E-state index in [0.717, 1.165) is 51.9 Å². The predicted octanol–water partition coefficient (Wildman–Crippen LogP) is 2.99. The maximum Gasteiger partial charge on any atom is 0.227 e. The van der Waals surface area contributed by atoms with Crippen LogP contribution in [0, 0.1) is 11.8 Å². The Labute approximate surface area is 178 Å². The standard InChI is InChI=1S/C24H32N4O2/c29-23-10-9-22(19-27(23)14-4-8-20-6-2-1-3-7-20)24(30)26-16-11-21(12-17-26)18-28-15-5-13-25-28/h1-3,5-7,13,15,21-22H,4,8-12,14,16-19H2/t22-/m1/s1. The zero-order valence-electron chi connectivity index (χ0n) is 17.7. The lowest BCUT2D eigenvalue weighted by molar-refractivity contribution is -0.144. The molecule has 2 fully saturated rings. The van der Waals surface area contributed by atoms with Crippen molar-refractivity contribution in [1.82, 2.24) is 19.6 Å². The topological polar surface area (TPSA) is 58.4 Å². The summed E-state index contributed by atoms with van der Waals surface area (Å²) in [5, 5.41) is 4.30. The summed E-state index contributed by atoms with van der Waals surface area (Å²) >= 11 is 0. The molecule has 3 heterocycles. The van der Waals surface area contributed by atoms with Crippen molar-refractivity contribution in [3.63, 3.8) is 0 Å². The highest BCUT2D eigenvalue weighted by Gasteiger charge is 2.34. The predicted molar refractivity (Wildman–Crippen MR) is 116 cm³/mol. The number of aryl methyl sites for hydroxylation is 1. The van der Waals surface area contributed by atoms with Gasteiger partial charge in [0.1, 0.15) is 0 Å². The van der Waals surface area contributed by atoms with Gasteiger partial charge in [0.2, 0.25) is 11.8 Å². The Morgan fingerprint density at radius 3 is 2.60 bits per heavy atom. The summed E-state index contributed by atoms with van der Waals surface area (Å²) in [4.78, 5) is 29.4. The summed E-state index contributed by atoms with van der Waals surface area (Å²) in [6.45, 7) is 3.90. The lowest BCUT2D eigenvalue weighted by Gasteiger charge is -2.37. The van der Waals surface area contributed by atoms with Crippen molar-refractivity contribution in [2.45, 2.75) is 45.1 Å². The van der Waals surface area contributed by atoms with E-state index in [1.165, 1.54) is 5.56 Å². The first kappa shape index (κ1) is 20.6. The monoisotopic (exact) mass is 408 g/mol. The lowest BCUT2D eigenvalue weighted by atomic mass is 9.92. The third kappa shape index (κ3) is 5.29. The molecule has 1 aromatic carbocycles. The molecule has 2 amide bonds. The van der Waals surface area contributed by atoms with Crippen LogP contribution in [0.2, 0.25) is 0 Å². The third-order valence-corrected chi connectivity index (χ3v) is 6.52. The van der Waals surface area contributed by atoms with Crippen LogP contribution in [0.25, 0.3) is 0 Å². The van der Waals surface area contributed by atoms with Crippen LogP contribution in [-0.2, 0) is 22.6 Å². The van der Waals surface area contributed by atoms with Gasteiger partial charge in [-0.25, -0.2) is 0 Å². The Bertz CT molecular complexity index is 813. The summed E-state index contributed by atoms with van der Waals surface area (Å²) in [5.41, 5.74) is 1.30. The fourth-order valence-electron chi connectivity index (χ4n) is 4.72. The zero-order valence-corrected chi connectivity index (χ0v) is 17.7. The van der Waals surface area contributed by atoms with Gasteiger partial charge in [0, 0.05) is 51.5 Å². The van der Waals surface area contributed by atoms with Crippen molar-refractivity contribution >= 4 is 11.8 Å². The average molecular weight is 409 g/mol. The second-order valence-electron chi connectivity index (χ2n) is 8.66. The Balaban J connectivity index is 1.23. The van der Waals surface area contributed by atoms with Gasteiger partial charge in [0.15, 0.2) is 0 Å². The molecule has 6 heteroatoms. The van der Waals surface area contributed by atoms with Crippen molar-refractivity contribution in [1.29, 1.82) is 0 Å². The SMILES string of the molecule is O=C1CC[C@@H](C(=O)N2CCC(Cn3cccn3)CC2)CN1CCCc1ccccc1. The van der Waals surface area contributed by atoms with Crippen molar-refractivity contribution in [2.24, 2.45) is 11.8 Å². The number of carbonyl (C=O) groups is 2. The largest absolute Gasteiger partial charge is 0.342 e. The smallest absolute Gasteiger partial charge is 0.227 e. The minimum absolute atomic E-state index is 0.0397. The fourth-order valence-corrected chi connectivity index (χ4v) is 4.72. The number of likely N-dealkylation sites (tertiary alicyclic amines) is 2. The van der Waals surface area contributed by atoms with Gasteiger partial charge >= 0.3 is 0 Å². The molecule has 1 atom stereocenters. The number of hydrogen-bond acceptors (Lipinski definition) is 3. The van der Waals surface area contributed by atoms with Crippen LogP contribution in [0.1, 0.15) is 37.7 Å². The molecule has 2 aromatic rings. The first-order valence-electron chi connectivity index (χ1n) is 11.3. The van der Waals surface area contributed by atoms with E-state index in [1.54, 1.807) is 0 Å². The number of hydrogen-bond donors (Lipinski definition) is 0. The van der Waals surface area contributed by atoms with E-state index in [-0.39, 0.29) is 17.7 Å². The van der Waals surface area contributed by atoms with Crippen LogP contribution in [0.5, 0.6) is 0 Å². The van der Waals surface area contributed by atoms with E-state index in [4.69, 9.17) is 0 Å². The van der Waals surface area contributed by atoms with Gasteiger partial charge in [0.05, 0.1) is 5.92 Å². The molecule has 1 aromatic heterocycles. The van der Waals surface area contributed by atoms with E-state index in [1.807, 2.05) is 51.1 Å². The second-order valence-corrected chi connectivity index (χ2v) is 8.66. The number of nitrogens with zero attached hydrogens (tertiary/aromatic N) is 4. The van der Waals surface area contributed by atoms with Crippen LogP contribution >= 0.6 is 0 Å². The van der Waals surface area contributed by atoms with Crippen LogP contribution in [0.15, 0.2) is 48.8 Å². The first-order chi connectivity index (χ1) is 14.7. The first-order valence-corrected chi connectivity index (χ1v) is 11.3. The number of carbonyl (C=O) groups excluding carboxylic acids is 2. The van der Waals surface area contributed by atoms with Gasteiger partial charge < -0.3 is 9.80 Å². The van der Waals surface area contributed by atoms with Crippen LogP contribution in [0.3, 0.4) is 0 Å². The summed E-state index contributed by atoms with van der Waals surface area (Å²) in [6, 6.07) is 12.3. The van der Waals surface area contributed by atoms with Crippen LogP contribution < -0.4 is 0 Å². The summed E-state index contributed by atoms with van der Waals surface area (Å²) < 4.78 is 1.99. The molecule has 30 heavy (non-hydrogen) atoms. The average Bonchev–Trinajstić information content (AvgIpc) is 3.29. The fraction of sp³-hybridized carbons (Fsp3) is 0.542. The molecule has 0 saturated carbocycles. The van der Waals surface area contributed by atoms with Gasteiger partial charge in [-0.1, -0.05) is 30.3 Å². The van der Waals surface area contributed by atoms with E-state index in [2.05, 4.69) is 17.2 Å². The van der Waals surface area contributed by atoms with E-state index < -0.39 is 0 Å². The quantitative estimate of drug-likeness (QED) is 0.708. The van der Waals surface area contributed by atoms with Crippen molar-refractivity contribution in [3.8, 4) is 0 Å². The minimum Gasteiger partial charge on any atom is -0.342 e. The van der Waals surface area contributed by atoms with E-state index in [0.29, 0.717) is 25.3 Å². The lowest BCUT2D eigenvalue weighted by Crippen LogP contribution is -2.49. The molecule has 160 valence electrons. The number of aromatic nitrogens is 2. The van der Waals surface area contributed by atoms with Crippen LogP contribution in [-0.4, -0.2) is 57.6 Å². The second kappa shape index (κ2) is 9.92. The Morgan fingerprint density at radius 1 is 1.07 bits per heavy atom. The molecule has 2 aliphatic heterocycles.